The van der Waals surface area contributed by atoms with Crippen molar-refractivity contribution in [3.63, 3.8) is 0 Å². The van der Waals surface area contributed by atoms with Crippen LogP contribution < -0.4 is 14.9 Å². The first kappa shape index (κ1) is 35.2. The molecule has 44 heavy (non-hydrogen) atoms. The van der Waals surface area contributed by atoms with Crippen LogP contribution in [0.15, 0.2) is 48.8 Å². The third-order valence-electron chi connectivity index (χ3n) is 7.33. The van der Waals surface area contributed by atoms with Gasteiger partial charge in [0.1, 0.15) is 17.2 Å². The Morgan fingerprint density at radius 3 is 2.14 bits per heavy atom. The highest BCUT2D eigenvalue weighted by molar-refractivity contribution is 7.92. The standard InChI is InChI=1S/C28H38F3N6O5PS/c1-5-7-15-27(16-8-6-2,43(38,39)40)21-11-13-22(14-12-21)35-26-34-19-23(28(29,30)31)24(36-26)33-18-20-10-9-17-32-25(20)37(3)44(4,41)42/h9-14,17,19H,5-8,15-16,18H2,1-4H3,(H2,38,39,40)(H2,33,34,35,36). The Kier molecular flexibility index (Phi) is 11.4. The van der Waals surface area contributed by atoms with Gasteiger partial charge in [-0.05, 0) is 36.6 Å². The van der Waals surface area contributed by atoms with Gasteiger partial charge in [-0.1, -0.05) is 57.7 Å². The van der Waals surface area contributed by atoms with Gasteiger partial charge in [-0.2, -0.15) is 18.2 Å². The van der Waals surface area contributed by atoms with Crippen molar-refractivity contribution in [1.82, 2.24) is 15.0 Å². The maximum atomic E-state index is 13.8. The summed E-state index contributed by atoms with van der Waals surface area (Å²) in [6.07, 6.45) is 1.64. The summed E-state index contributed by atoms with van der Waals surface area (Å²) in [6.45, 7) is 3.68. The van der Waals surface area contributed by atoms with E-state index >= 15 is 0 Å². The largest absolute Gasteiger partial charge is 0.421 e. The van der Waals surface area contributed by atoms with Crippen LogP contribution in [-0.4, -0.2) is 46.5 Å². The molecule has 0 aliphatic heterocycles. The summed E-state index contributed by atoms with van der Waals surface area (Å²) < 4.78 is 79.2. The van der Waals surface area contributed by atoms with Crippen molar-refractivity contribution in [3.05, 3.63) is 65.5 Å². The summed E-state index contributed by atoms with van der Waals surface area (Å²) >= 11 is 0. The Morgan fingerprint density at radius 2 is 1.61 bits per heavy atom. The van der Waals surface area contributed by atoms with Crippen molar-refractivity contribution < 1.29 is 35.9 Å². The van der Waals surface area contributed by atoms with Crippen molar-refractivity contribution in [3.8, 4) is 0 Å². The van der Waals surface area contributed by atoms with Gasteiger partial charge in [-0.3, -0.25) is 8.87 Å². The summed E-state index contributed by atoms with van der Waals surface area (Å²) in [5.41, 5.74) is 0.0743. The fraction of sp³-hybridized carbons (Fsp3) is 0.464. The van der Waals surface area contributed by atoms with E-state index in [-0.39, 0.29) is 18.3 Å². The van der Waals surface area contributed by atoms with Gasteiger partial charge in [0, 0.05) is 37.2 Å². The quantitative estimate of drug-likeness (QED) is 0.135. The van der Waals surface area contributed by atoms with E-state index in [2.05, 4.69) is 25.6 Å². The molecule has 0 saturated carbocycles. The highest BCUT2D eigenvalue weighted by Crippen LogP contribution is 2.62. The van der Waals surface area contributed by atoms with Gasteiger partial charge >= 0.3 is 13.8 Å². The van der Waals surface area contributed by atoms with Crippen LogP contribution in [0.1, 0.15) is 69.1 Å². The van der Waals surface area contributed by atoms with Crippen LogP contribution in [0.25, 0.3) is 0 Å². The van der Waals surface area contributed by atoms with E-state index in [0.29, 0.717) is 48.7 Å². The number of sulfonamides is 1. The minimum atomic E-state index is -4.79. The van der Waals surface area contributed by atoms with Crippen LogP contribution in [0.3, 0.4) is 0 Å². The van der Waals surface area contributed by atoms with Crippen LogP contribution in [0.4, 0.5) is 36.4 Å². The van der Waals surface area contributed by atoms with Crippen LogP contribution in [0.2, 0.25) is 0 Å². The molecule has 2 aromatic heterocycles. The van der Waals surface area contributed by atoms with E-state index in [9.17, 15) is 35.9 Å². The first-order chi connectivity index (χ1) is 20.5. The lowest BCUT2D eigenvalue weighted by Gasteiger charge is -2.35. The van der Waals surface area contributed by atoms with Crippen LogP contribution in [-0.2, 0) is 32.5 Å². The number of pyridine rings is 1. The average molecular weight is 659 g/mol. The van der Waals surface area contributed by atoms with Crippen LogP contribution in [0.5, 0.6) is 0 Å². The molecule has 0 fully saturated rings. The normalized spacial score (nSPS) is 12.7. The van der Waals surface area contributed by atoms with E-state index in [1.165, 1.54) is 25.4 Å². The molecular formula is C28H38F3N6O5PS. The Hall–Kier alpha value is -3.26. The molecule has 2 heterocycles. The van der Waals surface area contributed by atoms with E-state index < -0.39 is 40.3 Å². The molecule has 0 aliphatic carbocycles. The Morgan fingerprint density at radius 1 is 1.00 bits per heavy atom. The first-order valence-corrected chi connectivity index (χ1v) is 17.5. The van der Waals surface area contributed by atoms with Gasteiger partial charge in [0.05, 0.1) is 11.4 Å². The van der Waals surface area contributed by atoms with Crippen molar-refractivity contribution in [1.29, 1.82) is 0 Å². The number of rotatable bonds is 15. The predicted octanol–water partition coefficient (Wildman–Crippen LogP) is 6.40. The second-order valence-electron chi connectivity index (χ2n) is 10.5. The second-order valence-corrected chi connectivity index (χ2v) is 14.5. The maximum absolute atomic E-state index is 13.8. The SMILES string of the molecule is CCCCC(CCCC)(c1ccc(Nc2ncc(C(F)(F)F)c(NCc3cccnc3N(C)S(C)(=O)=O)n2)cc1)P(=O)(O)O. The maximum Gasteiger partial charge on any atom is 0.421 e. The summed E-state index contributed by atoms with van der Waals surface area (Å²) in [5.74, 6) is -0.651. The number of hydrogen-bond acceptors (Lipinski definition) is 8. The molecule has 0 bridgehead atoms. The third-order valence-corrected chi connectivity index (χ3v) is 10.3. The lowest BCUT2D eigenvalue weighted by Crippen LogP contribution is -2.27. The van der Waals surface area contributed by atoms with Gasteiger partial charge < -0.3 is 20.4 Å². The predicted molar refractivity (Wildman–Crippen MR) is 164 cm³/mol. The third kappa shape index (κ3) is 8.46. The molecule has 0 saturated heterocycles. The number of unbranched alkanes of at least 4 members (excludes halogenated alkanes) is 2. The number of alkyl halides is 3. The molecule has 0 radical (unpaired) electrons. The number of nitrogens with one attached hydrogen (secondary N) is 2. The van der Waals surface area contributed by atoms with Gasteiger partial charge in [0.25, 0.3) is 0 Å². The summed E-state index contributed by atoms with van der Waals surface area (Å²) in [4.78, 5) is 32.8. The van der Waals surface area contributed by atoms with Crippen LogP contribution >= 0.6 is 7.60 Å². The minimum absolute atomic E-state index is 0.0489. The zero-order valence-corrected chi connectivity index (χ0v) is 26.7. The van der Waals surface area contributed by atoms with Crippen molar-refractivity contribution in [2.24, 2.45) is 0 Å². The highest BCUT2D eigenvalue weighted by Gasteiger charge is 2.47. The van der Waals surface area contributed by atoms with Crippen molar-refractivity contribution >= 4 is 40.9 Å². The number of benzene rings is 1. The monoisotopic (exact) mass is 658 g/mol. The number of hydrogen-bond donors (Lipinski definition) is 4. The van der Waals surface area contributed by atoms with Gasteiger partial charge in [-0.25, -0.2) is 18.4 Å². The summed E-state index contributed by atoms with van der Waals surface area (Å²) in [6, 6.07) is 9.44. The fourth-order valence-corrected chi connectivity index (χ4v) is 6.64. The molecular weight excluding hydrogens is 620 g/mol. The van der Waals surface area contributed by atoms with E-state index in [1.807, 2.05) is 13.8 Å². The molecule has 0 aliphatic rings. The fourth-order valence-electron chi connectivity index (χ4n) is 4.78. The lowest BCUT2D eigenvalue weighted by molar-refractivity contribution is -0.137. The number of anilines is 4. The summed E-state index contributed by atoms with van der Waals surface area (Å²) in [7, 11) is -6.94. The Balaban J connectivity index is 1.92. The van der Waals surface area contributed by atoms with Gasteiger partial charge in [-0.15, -0.1) is 0 Å². The molecule has 0 spiro atoms. The smallest absolute Gasteiger partial charge is 0.365 e. The van der Waals surface area contributed by atoms with Crippen LogP contribution in [0, 0.1) is 0 Å². The highest BCUT2D eigenvalue weighted by atomic mass is 32.2. The second kappa shape index (κ2) is 14.2. The first-order valence-electron chi connectivity index (χ1n) is 14.0. The summed E-state index contributed by atoms with van der Waals surface area (Å²) in [5, 5.41) is 4.15. The molecule has 4 N–H and O–H groups in total. The van der Waals surface area contributed by atoms with Crippen molar-refractivity contribution in [2.45, 2.75) is 70.2 Å². The van der Waals surface area contributed by atoms with Gasteiger partial charge in [0.15, 0.2) is 0 Å². The molecule has 0 atom stereocenters. The lowest BCUT2D eigenvalue weighted by atomic mass is 9.87. The zero-order valence-electron chi connectivity index (χ0n) is 25.0. The average Bonchev–Trinajstić information content (AvgIpc) is 2.95. The number of nitrogens with zero attached hydrogens (tertiary/aromatic N) is 4. The Bertz CT molecular complexity index is 1560. The molecule has 3 aromatic rings. The van der Waals surface area contributed by atoms with E-state index in [0.717, 1.165) is 23.4 Å². The molecule has 242 valence electrons. The molecule has 16 heteroatoms. The molecule has 1 aromatic carbocycles. The Labute approximate surface area is 255 Å². The molecule has 0 unspecified atom stereocenters. The van der Waals surface area contributed by atoms with E-state index in [1.54, 1.807) is 24.3 Å². The molecule has 0 amide bonds. The number of halogens is 3. The zero-order chi connectivity index (χ0) is 32.8. The number of aromatic nitrogens is 3. The topological polar surface area (TPSA) is 158 Å². The molecule has 11 nitrogen and oxygen atoms in total. The van der Waals surface area contributed by atoms with Crippen molar-refractivity contribution in [2.75, 3.05) is 28.2 Å². The van der Waals surface area contributed by atoms with Gasteiger partial charge in [0.2, 0.25) is 16.0 Å². The molecule has 3 rings (SSSR count). The van der Waals surface area contributed by atoms with E-state index in [4.69, 9.17) is 0 Å². The minimum Gasteiger partial charge on any atom is -0.365 e.